The van der Waals surface area contributed by atoms with E-state index < -0.39 is 11.9 Å². The van der Waals surface area contributed by atoms with Crippen LogP contribution in [-0.4, -0.2) is 28.7 Å². The average molecular weight is 284 g/mol. The second kappa shape index (κ2) is 4.82. The third kappa shape index (κ3) is 2.16. The summed E-state index contributed by atoms with van der Waals surface area (Å²) in [6.45, 7) is -0.241. The van der Waals surface area contributed by atoms with Gasteiger partial charge in [-0.3, -0.25) is 4.79 Å². The van der Waals surface area contributed by atoms with Crippen LogP contribution in [0.25, 0.3) is 0 Å². The summed E-state index contributed by atoms with van der Waals surface area (Å²) in [5.41, 5.74) is 2.44. The number of para-hydroxylation sites is 3. The van der Waals surface area contributed by atoms with E-state index in [1.54, 1.807) is 41.3 Å². The van der Waals surface area contributed by atoms with Crippen molar-refractivity contribution >= 4 is 34.7 Å². The monoisotopic (exact) mass is 284 g/mol. The molecule has 21 heavy (non-hydrogen) atoms. The van der Waals surface area contributed by atoms with Crippen LogP contribution in [0.5, 0.6) is 0 Å². The Hall–Kier alpha value is -3.02. The summed E-state index contributed by atoms with van der Waals surface area (Å²) in [5, 5.41) is 21.5. The Morgan fingerprint density at radius 2 is 1.71 bits per heavy atom. The number of aromatic carboxylic acids is 1. The minimum Gasteiger partial charge on any atom is -0.480 e. The topological polar surface area (TPSA) is 89.9 Å². The van der Waals surface area contributed by atoms with Crippen LogP contribution in [0.4, 0.5) is 22.7 Å². The summed E-state index contributed by atoms with van der Waals surface area (Å²) < 4.78 is 0. The number of carboxylic acids is 2. The van der Waals surface area contributed by atoms with Crippen LogP contribution >= 0.6 is 0 Å². The Labute approximate surface area is 120 Å². The zero-order chi connectivity index (χ0) is 15.0. The molecule has 6 nitrogen and oxygen atoms in total. The fourth-order valence-electron chi connectivity index (χ4n) is 2.46. The first-order valence-electron chi connectivity index (χ1n) is 6.29. The predicted octanol–water partition coefficient (Wildman–Crippen LogP) is 2.66. The van der Waals surface area contributed by atoms with Crippen LogP contribution in [0.2, 0.25) is 0 Å². The van der Waals surface area contributed by atoms with E-state index in [-0.39, 0.29) is 12.1 Å². The summed E-state index contributed by atoms with van der Waals surface area (Å²) in [6, 6.07) is 12.0. The molecule has 0 spiro atoms. The quantitative estimate of drug-likeness (QED) is 0.802. The van der Waals surface area contributed by atoms with Gasteiger partial charge in [0.15, 0.2) is 0 Å². The van der Waals surface area contributed by atoms with E-state index in [9.17, 15) is 14.7 Å². The highest BCUT2D eigenvalue weighted by Crippen LogP contribution is 2.44. The molecule has 106 valence electrons. The number of benzene rings is 2. The van der Waals surface area contributed by atoms with Crippen molar-refractivity contribution in [1.29, 1.82) is 0 Å². The summed E-state index contributed by atoms with van der Waals surface area (Å²) in [7, 11) is 0. The Morgan fingerprint density at radius 1 is 1.00 bits per heavy atom. The minimum absolute atomic E-state index is 0.109. The number of carboxylic acid groups (broad SMARTS) is 2. The first-order chi connectivity index (χ1) is 10.1. The highest BCUT2D eigenvalue weighted by Gasteiger charge is 2.27. The zero-order valence-corrected chi connectivity index (χ0v) is 10.9. The van der Waals surface area contributed by atoms with Crippen LogP contribution in [0.3, 0.4) is 0 Å². The molecule has 0 radical (unpaired) electrons. The molecule has 0 fully saturated rings. The maximum atomic E-state index is 11.3. The number of fused-ring (bicyclic) bond motifs is 2. The van der Waals surface area contributed by atoms with Gasteiger partial charge >= 0.3 is 11.9 Å². The molecule has 0 unspecified atom stereocenters. The molecule has 0 amide bonds. The van der Waals surface area contributed by atoms with Crippen LogP contribution in [0.15, 0.2) is 42.5 Å². The van der Waals surface area contributed by atoms with Gasteiger partial charge in [0.25, 0.3) is 0 Å². The van der Waals surface area contributed by atoms with Crippen molar-refractivity contribution in [3.05, 3.63) is 48.0 Å². The van der Waals surface area contributed by atoms with Gasteiger partial charge in [0, 0.05) is 0 Å². The van der Waals surface area contributed by atoms with E-state index in [2.05, 4.69) is 5.32 Å². The van der Waals surface area contributed by atoms with E-state index in [0.29, 0.717) is 22.7 Å². The number of rotatable bonds is 3. The van der Waals surface area contributed by atoms with Gasteiger partial charge in [-0.1, -0.05) is 18.2 Å². The van der Waals surface area contributed by atoms with Gasteiger partial charge in [0.2, 0.25) is 0 Å². The average Bonchev–Trinajstić information content (AvgIpc) is 2.46. The summed E-state index contributed by atoms with van der Waals surface area (Å²) in [5.74, 6) is -2.05. The van der Waals surface area contributed by atoms with Crippen molar-refractivity contribution in [2.45, 2.75) is 0 Å². The molecule has 1 aliphatic rings. The molecule has 0 aromatic heterocycles. The van der Waals surface area contributed by atoms with Gasteiger partial charge in [0.05, 0.1) is 28.3 Å². The van der Waals surface area contributed by atoms with Crippen molar-refractivity contribution in [2.24, 2.45) is 0 Å². The third-order valence-corrected chi connectivity index (χ3v) is 3.31. The maximum absolute atomic E-state index is 11.3. The van der Waals surface area contributed by atoms with E-state index in [1.807, 2.05) is 0 Å². The lowest BCUT2D eigenvalue weighted by Crippen LogP contribution is -2.29. The molecule has 0 saturated heterocycles. The van der Waals surface area contributed by atoms with Crippen molar-refractivity contribution < 1.29 is 19.8 Å². The van der Waals surface area contributed by atoms with Crippen LogP contribution in [0, 0.1) is 0 Å². The highest BCUT2D eigenvalue weighted by atomic mass is 16.4. The van der Waals surface area contributed by atoms with E-state index >= 15 is 0 Å². The SMILES string of the molecule is O=C(O)CN1c2ccccc2Nc2c(C(=O)O)cccc21. The molecule has 0 aliphatic carbocycles. The number of carbonyl (C=O) groups is 2. The molecular formula is C15H12N2O4. The Balaban J connectivity index is 2.20. The normalized spacial score (nSPS) is 12.1. The standard InChI is InChI=1S/C15H12N2O4/c18-13(19)8-17-11-6-2-1-5-10(11)16-14-9(15(20)21)4-3-7-12(14)17/h1-7,16H,8H2,(H,18,19)(H,20,21). The number of hydrogen-bond acceptors (Lipinski definition) is 4. The molecule has 0 saturated carbocycles. The summed E-state index contributed by atoms with van der Waals surface area (Å²) in [4.78, 5) is 24.1. The number of aliphatic carboxylic acids is 1. The van der Waals surface area contributed by atoms with Crippen molar-refractivity contribution in [2.75, 3.05) is 16.8 Å². The smallest absolute Gasteiger partial charge is 0.337 e. The molecule has 0 bridgehead atoms. The molecule has 2 aromatic carbocycles. The molecule has 3 N–H and O–H groups in total. The van der Waals surface area contributed by atoms with Gasteiger partial charge in [-0.2, -0.15) is 0 Å². The van der Waals surface area contributed by atoms with Crippen LogP contribution < -0.4 is 10.2 Å². The molecule has 2 aromatic rings. The number of nitrogens with zero attached hydrogens (tertiary/aromatic N) is 1. The Kier molecular flexibility index (Phi) is 2.98. The molecule has 1 aliphatic heterocycles. The van der Waals surface area contributed by atoms with Gasteiger partial charge in [-0.05, 0) is 24.3 Å². The molecule has 0 atom stereocenters. The third-order valence-electron chi connectivity index (χ3n) is 3.31. The van der Waals surface area contributed by atoms with Crippen molar-refractivity contribution in [3.8, 4) is 0 Å². The minimum atomic E-state index is -1.06. The van der Waals surface area contributed by atoms with E-state index in [1.165, 1.54) is 6.07 Å². The van der Waals surface area contributed by atoms with E-state index in [0.717, 1.165) is 0 Å². The zero-order valence-electron chi connectivity index (χ0n) is 10.9. The molecule has 1 heterocycles. The summed E-state index contributed by atoms with van der Waals surface area (Å²) >= 11 is 0. The number of hydrogen-bond donors (Lipinski definition) is 3. The first kappa shape index (κ1) is 13.0. The Bertz CT molecular complexity index is 742. The second-order valence-electron chi connectivity index (χ2n) is 4.63. The van der Waals surface area contributed by atoms with Gasteiger partial charge in [0.1, 0.15) is 6.54 Å². The predicted molar refractivity (Wildman–Crippen MR) is 77.8 cm³/mol. The number of nitrogens with one attached hydrogen (secondary N) is 1. The fourth-order valence-corrected chi connectivity index (χ4v) is 2.46. The largest absolute Gasteiger partial charge is 0.480 e. The van der Waals surface area contributed by atoms with Crippen LogP contribution in [-0.2, 0) is 4.79 Å². The van der Waals surface area contributed by atoms with E-state index in [4.69, 9.17) is 5.11 Å². The van der Waals surface area contributed by atoms with Gasteiger partial charge in [-0.25, -0.2) is 4.79 Å². The maximum Gasteiger partial charge on any atom is 0.337 e. The lowest BCUT2D eigenvalue weighted by atomic mass is 10.1. The van der Waals surface area contributed by atoms with Crippen LogP contribution in [0.1, 0.15) is 10.4 Å². The lowest BCUT2D eigenvalue weighted by molar-refractivity contribution is -0.135. The first-order valence-corrected chi connectivity index (χ1v) is 6.29. The second-order valence-corrected chi connectivity index (χ2v) is 4.63. The van der Waals surface area contributed by atoms with Crippen molar-refractivity contribution in [1.82, 2.24) is 0 Å². The highest BCUT2D eigenvalue weighted by molar-refractivity contribution is 6.04. The Morgan fingerprint density at radius 3 is 2.43 bits per heavy atom. The fraction of sp³-hybridized carbons (Fsp3) is 0.0667. The molecule has 3 rings (SSSR count). The number of anilines is 4. The van der Waals surface area contributed by atoms with Crippen molar-refractivity contribution in [3.63, 3.8) is 0 Å². The molecule has 6 heteroatoms. The van der Waals surface area contributed by atoms with Gasteiger partial charge < -0.3 is 20.4 Å². The lowest BCUT2D eigenvalue weighted by Gasteiger charge is -2.33. The molecular weight excluding hydrogens is 272 g/mol. The summed E-state index contributed by atoms with van der Waals surface area (Å²) in [6.07, 6.45) is 0. The van der Waals surface area contributed by atoms with Gasteiger partial charge in [-0.15, -0.1) is 0 Å².